The highest BCUT2D eigenvalue weighted by molar-refractivity contribution is 6.17. The van der Waals surface area contributed by atoms with Crippen molar-refractivity contribution in [2.75, 3.05) is 53.5 Å². The van der Waals surface area contributed by atoms with Crippen molar-refractivity contribution in [3.63, 3.8) is 0 Å². The van der Waals surface area contributed by atoms with Crippen LogP contribution in [0.2, 0.25) is 0 Å². The fraction of sp³-hybridized carbons (Fsp3) is 0.423. The van der Waals surface area contributed by atoms with E-state index in [2.05, 4.69) is 22.0 Å². The topological polar surface area (TPSA) is 78.8 Å². The fourth-order valence-electron chi connectivity index (χ4n) is 4.48. The third kappa shape index (κ3) is 5.29. The van der Waals surface area contributed by atoms with E-state index in [1.807, 2.05) is 49.4 Å². The summed E-state index contributed by atoms with van der Waals surface area (Å²) in [6, 6.07) is 13.5. The van der Waals surface area contributed by atoms with E-state index in [4.69, 9.17) is 19.5 Å². The molecule has 0 aliphatic carbocycles. The highest BCUT2D eigenvalue weighted by Crippen LogP contribution is 2.36. The number of carbonyl (C=O) groups is 1. The maximum atomic E-state index is 13.1. The summed E-state index contributed by atoms with van der Waals surface area (Å²) in [6.45, 7) is 9.26. The Bertz CT molecular complexity index is 1090. The zero-order chi connectivity index (χ0) is 24.1. The van der Waals surface area contributed by atoms with Gasteiger partial charge < -0.3 is 19.7 Å². The fourth-order valence-corrected chi connectivity index (χ4v) is 4.48. The van der Waals surface area contributed by atoms with Crippen molar-refractivity contribution < 1.29 is 14.3 Å². The van der Waals surface area contributed by atoms with Gasteiger partial charge in [-0.1, -0.05) is 25.1 Å². The molecule has 0 saturated carbocycles. The molecule has 2 heterocycles. The maximum absolute atomic E-state index is 13.1. The summed E-state index contributed by atoms with van der Waals surface area (Å²) in [5, 5.41) is 3.12. The summed E-state index contributed by atoms with van der Waals surface area (Å²) in [6.07, 6.45) is 0. The van der Waals surface area contributed by atoms with Crippen molar-refractivity contribution in [2.45, 2.75) is 19.8 Å². The van der Waals surface area contributed by atoms with Crippen LogP contribution in [0.4, 0.5) is 11.4 Å². The monoisotopic (exact) mass is 463 g/mol. The molecule has 0 radical (unpaired) electrons. The van der Waals surface area contributed by atoms with E-state index in [1.165, 1.54) is 0 Å². The molecule has 8 heteroatoms. The molecule has 2 aromatic rings. The number of amidine groups is 1. The van der Waals surface area contributed by atoms with Crippen LogP contribution in [0.5, 0.6) is 11.5 Å². The largest absolute Gasteiger partial charge is 0.493 e. The van der Waals surface area contributed by atoms with Gasteiger partial charge in [-0.25, -0.2) is 4.99 Å². The molecule has 0 unspecified atom stereocenters. The number of nitrogens with one attached hydrogen (secondary N) is 1. The Morgan fingerprint density at radius 3 is 2.26 bits per heavy atom. The Labute approximate surface area is 201 Å². The van der Waals surface area contributed by atoms with E-state index in [1.54, 1.807) is 14.2 Å². The van der Waals surface area contributed by atoms with Gasteiger partial charge in [0.15, 0.2) is 11.5 Å². The van der Waals surface area contributed by atoms with Crippen LogP contribution in [0.3, 0.4) is 0 Å². The van der Waals surface area contributed by atoms with Crippen molar-refractivity contribution in [1.29, 1.82) is 0 Å². The average Bonchev–Trinajstić information content (AvgIpc) is 2.99. The summed E-state index contributed by atoms with van der Waals surface area (Å²) in [5.41, 5.74) is 3.28. The molecule has 2 aliphatic heterocycles. The molecule has 180 valence electrons. The van der Waals surface area contributed by atoms with Crippen LogP contribution in [-0.4, -0.2) is 80.7 Å². The Balaban J connectivity index is 1.63. The Morgan fingerprint density at radius 2 is 1.62 bits per heavy atom. The second kappa shape index (κ2) is 10.8. The number of fused-ring (bicyclic) bond motifs is 1. The molecule has 1 atom stereocenters. The van der Waals surface area contributed by atoms with Gasteiger partial charge in [-0.3, -0.25) is 14.7 Å². The van der Waals surface area contributed by atoms with Gasteiger partial charge in [0.25, 0.3) is 0 Å². The predicted octanol–water partition coefficient (Wildman–Crippen LogP) is 3.38. The Kier molecular flexibility index (Phi) is 7.59. The van der Waals surface area contributed by atoms with Crippen LogP contribution in [-0.2, 0) is 4.79 Å². The Morgan fingerprint density at radius 1 is 0.971 bits per heavy atom. The zero-order valence-electron chi connectivity index (χ0n) is 20.4. The summed E-state index contributed by atoms with van der Waals surface area (Å²) in [4.78, 5) is 27.4. The van der Waals surface area contributed by atoms with Crippen LogP contribution in [0, 0.1) is 0 Å². The lowest BCUT2D eigenvalue weighted by molar-refractivity contribution is -0.121. The van der Waals surface area contributed by atoms with Gasteiger partial charge >= 0.3 is 0 Å². The molecular weight excluding hydrogens is 430 g/mol. The number of methoxy groups -OCH3 is 2. The molecule has 2 aromatic carbocycles. The number of benzene rings is 2. The van der Waals surface area contributed by atoms with Crippen LogP contribution in [0.1, 0.15) is 25.3 Å². The molecule has 2 aliphatic rings. The molecule has 0 spiro atoms. The first-order chi connectivity index (χ1) is 16.5. The second-order valence-electron chi connectivity index (χ2n) is 8.54. The van der Waals surface area contributed by atoms with E-state index in [9.17, 15) is 4.79 Å². The number of ether oxygens (including phenoxy) is 2. The lowest BCUT2D eigenvalue weighted by atomic mass is 9.92. The van der Waals surface area contributed by atoms with Crippen molar-refractivity contribution in [3.05, 3.63) is 48.0 Å². The first-order valence-corrected chi connectivity index (χ1v) is 11.7. The van der Waals surface area contributed by atoms with E-state index in [-0.39, 0.29) is 11.8 Å². The van der Waals surface area contributed by atoms with Gasteiger partial charge in [0.2, 0.25) is 5.91 Å². The van der Waals surface area contributed by atoms with Gasteiger partial charge in [-0.2, -0.15) is 0 Å². The van der Waals surface area contributed by atoms with E-state index in [0.29, 0.717) is 23.9 Å². The van der Waals surface area contributed by atoms with E-state index in [0.717, 1.165) is 55.4 Å². The molecule has 0 bridgehead atoms. The Hall–Kier alpha value is -3.23. The predicted molar refractivity (Wildman–Crippen MR) is 135 cm³/mol. The lowest BCUT2D eigenvalue weighted by Crippen LogP contribution is -2.50. The molecule has 0 aromatic heterocycles. The first-order valence-electron chi connectivity index (χ1n) is 11.7. The number of hydrogen-bond acceptors (Lipinski definition) is 7. The minimum atomic E-state index is -0.326. The third-order valence-corrected chi connectivity index (χ3v) is 6.40. The van der Waals surface area contributed by atoms with Crippen molar-refractivity contribution in [1.82, 2.24) is 15.1 Å². The molecule has 34 heavy (non-hydrogen) atoms. The second-order valence-corrected chi connectivity index (χ2v) is 8.54. The number of aliphatic imine (C=N–C) groups is 2. The van der Waals surface area contributed by atoms with Crippen molar-refractivity contribution in [3.8, 4) is 11.5 Å². The number of piperazine rings is 1. The summed E-state index contributed by atoms with van der Waals surface area (Å²) < 4.78 is 10.9. The number of nitrogens with zero attached hydrogens (tertiary/aromatic N) is 4. The average molecular weight is 464 g/mol. The minimum Gasteiger partial charge on any atom is -0.493 e. The first kappa shape index (κ1) is 23.9. The molecule has 1 fully saturated rings. The lowest BCUT2D eigenvalue weighted by Gasteiger charge is -2.33. The van der Waals surface area contributed by atoms with E-state index >= 15 is 0 Å². The number of likely N-dealkylation sites (N-methyl/N-ethyl adjacent to an activating group) is 1. The number of para-hydroxylation sites is 2. The highest BCUT2D eigenvalue weighted by atomic mass is 16.5. The normalized spacial score (nSPS) is 18.9. The standard InChI is InChI=1S/C26H33N5O3/c1-5-30-12-14-31(15-13-30)17-24(32)29-26-25(19-10-11-22(33-3)23(16-19)34-4)18(2)27-20-8-6-7-9-21(20)28-26/h6-11,16,25H,5,12-15,17H2,1-4H3,(H,28,29,32)/t25-/m0/s1. The number of carbonyl (C=O) groups excluding carboxylic acids is 1. The summed E-state index contributed by atoms with van der Waals surface area (Å²) >= 11 is 0. The summed E-state index contributed by atoms with van der Waals surface area (Å²) in [7, 11) is 3.22. The van der Waals surface area contributed by atoms with Gasteiger partial charge in [-0.05, 0) is 43.3 Å². The van der Waals surface area contributed by atoms with Crippen LogP contribution in [0.25, 0.3) is 0 Å². The van der Waals surface area contributed by atoms with Gasteiger partial charge in [-0.15, -0.1) is 0 Å². The minimum absolute atomic E-state index is 0.0682. The van der Waals surface area contributed by atoms with Crippen LogP contribution in [0.15, 0.2) is 52.4 Å². The van der Waals surface area contributed by atoms with Crippen molar-refractivity contribution >= 4 is 28.8 Å². The van der Waals surface area contributed by atoms with Crippen LogP contribution < -0.4 is 14.8 Å². The third-order valence-electron chi connectivity index (χ3n) is 6.40. The molecule has 1 amide bonds. The smallest absolute Gasteiger partial charge is 0.239 e. The number of rotatable bonds is 6. The number of hydrogen-bond donors (Lipinski definition) is 1. The molecule has 1 saturated heterocycles. The molecule has 8 nitrogen and oxygen atoms in total. The van der Waals surface area contributed by atoms with Crippen molar-refractivity contribution in [2.24, 2.45) is 9.98 Å². The molecular formula is C26H33N5O3. The quantitative estimate of drug-likeness (QED) is 0.711. The molecule has 4 rings (SSSR count). The van der Waals surface area contributed by atoms with Gasteiger partial charge in [0, 0.05) is 31.9 Å². The maximum Gasteiger partial charge on any atom is 0.239 e. The van der Waals surface area contributed by atoms with E-state index < -0.39 is 0 Å². The SMILES string of the molecule is CCN1CCN(CC(=O)NC2=Nc3ccccc3N=C(C)[C@H]2c2ccc(OC)c(OC)c2)CC1. The van der Waals surface area contributed by atoms with Gasteiger partial charge in [0.05, 0.1) is 38.1 Å². The highest BCUT2D eigenvalue weighted by Gasteiger charge is 2.28. The van der Waals surface area contributed by atoms with Gasteiger partial charge in [0.1, 0.15) is 5.84 Å². The zero-order valence-corrected chi connectivity index (χ0v) is 20.4. The molecule has 1 N–H and O–H groups in total. The number of amides is 1. The van der Waals surface area contributed by atoms with Crippen LogP contribution >= 0.6 is 0 Å². The summed E-state index contributed by atoms with van der Waals surface area (Å²) in [5.74, 6) is 1.44.